The lowest BCUT2D eigenvalue weighted by Gasteiger charge is -2.36. The number of aryl methyl sites for hydroxylation is 1. The van der Waals surface area contributed by atoms with Crippen molar-refractivity contribution >= 4 is 11.4 Å². The molecule has 18 heavy (non-hydrogen) atoms. The molecule has 1 aliphatic heterocycles. The number of nitrogens with zero attached hydrogens (tertiary/aromatic N) is 2. The van der Waals surface area contributed by atoms with E-state index >= 15 is 0 Å². The summed E-state index contributed by atoms with van der Waals surface area (Å²) >= 11 is 0. The molecule has 0 amide bonds. The summed E-state index contributed by atoms with van der Waals surface area (Å²) in [5.74, 6) is 0.522. The molecule has 0 saturated carbocycles. The third kappa shape index (κ3) is 2.61. The first-order valence-electron chi connectivity index (χ1n) is 6.23. The van der Waals surface area contributed by atoms with Crippen LogP contribution in [-0.2, 0) is 0 Å². The zero-order valence-corrected chi connectivity index (χ0v) is 10.8. The monoisotopic (exact) mass is 249 g/mol. The molecule has 2 unspecified atom stereocenters. The molecule has 1 aromatic rings. The van der Waals surface area contributed by atoms with Gasteiger partial charge < -0.3 is 10.6 Å². The summed E-state index contributed by atoms with van der Waals surface area (Å²) in [7, 11) is 0. The van der Waals surface area contributed by atoms with Gasteiger partial charge >= 0.3 is 0 Å². The predicted octanol–water partition coefficient (Wildman–Crippen LogP) is 2.08. The molecule has 0 aromatic heterocycles. The highest BCUT2D eigenvalue weighted by molar-refractivity contribution is 5.57. The number of piperidine rings is 1. The lowest BCUT2D eigenvalue weighted by atomic mass is 9.96. The summed E-state index contributed by atoms with van der Waals surface area (Å²) in [6.45, 7) is 5.60. The largest absolute Gasteiger partial charge is 0.370 e. The van der Waals surface area contributed by atoms with Crippen molar-refractivity contribution in [1.29, 1.82) is 0 Å². The van der Waals surface area contributed by atoms with Gasteiger partial charge in [-0.3, -0.25) is 10.1 Å². The Bertz CT molecular complexity index is 452. The number of nitrogens with two attached hydrogens (primary N) is 1. The van der Waals surface area contributed by atoms with Crippen LogP contribution in [0.25, 0.3) is 0 Å². The molecule has 5 nitrogen and oxygen atoms in total. The second-order valence-electron chi connectivity index (χ2n) is 5.23. The molecule has 1 heterocycles. The topological polar surface area (TPSA) is 72.4 Å². The number of hydrogen-bond acceptors (Lipinski definition) is 4. The Morgan fingerprint density at radius 1 is 1.44 bits per heavy atom. The molecule has 1 aromatic carbocycles. The minimum absolute atomic E-state index is 0.147. The van der Waals surface area contributed by atoms with Gasteiger partial charge in [-0.1, -0.05) is 13.0 Å². The van der Waals surface area contributed by atoms with Crippen molar-refractivity contribution < 1.29 is 4.92 Å². The van der Waals surface area contributed by atoms with E-state index in [4.69, 9.17) is 5.73 Å². The van der Waals surface area contributed by atoms with Crippen molar-refractivity contribution in [2.24, 2.45) is 11.7 Å². The molecule has 1 aliphatic rings. The number of rotatable bonds is 2. The van der Waals surface area contributed by atoms with E-state index in [1.165, 1.54) is 0 Å². The molecule has 0 aliphatic carbocycles. The van der Waals surface area contributed by atoms with Crippen LogP contribution in [0.5, 0.6) is 0 Å². The van der Waals surface area contributed by atoms with E-state index in [1.807, 2.05) is 6.07 Å². The van der Waals surface area contributed by atoms with Gasteiger partial charge in [0.2, 0.25) is 0 Å². The first-order valence-corrected chi connectivity index (χ1v) is 6.23. The number of nitro benzene ring substituents is 1. The normalized spacial score (nSPS) is 24.1. The SMILES string of the molecule is Cc1ccc(N2CC(C)CC(N)C2)cc1[N+](=O)[O-]. The Morgan fingerprint density at radius 2 is 2.17 bits per heavy atom. The summed E-state index contributed by atoms with van der Waals surface area (Å²) in [5.41, 5.74) is 7.78. The number of nitro groups is 1. The first-order chi connectivity index (χ1) is 8.47. The zero-order valence-electron chi connectivity index (χ0n) is 10.8. The fourth-order valence-electron chi connectivity index (χ4n) is 2.60. The van der Waals surface area contributed by atoms with Gasteiger partial charge in [0.1, 0.15) is 0 Å². The van der Waals surface area contributed by atoms with Crippen LogP contribution in [0.4, 0.5) is 11.4 Å². The summed E-state index contributed by atoms with van der Waals surface area (Å²) in [6, 6.07) is 5.54. The fraction of sp³-hybridized carbons (Fsp3) is 0.538. The fourth-order valence-corrected chi connectivity index (χ4v) is 2.60. The van der Waals surface area contributed by atoms with Gasteiger partial charge in [0, 0.05) is 36.4 Å². The summed E-state index contributed by atoms with van der Waals surface area (Å²) in [6.07, 6.45) is 1.02. The highest BCUT2D eigenvalue weighted by Crippen LogP contribution is 2.28. The van der Waals surface area contributed by atoms with E-state index in [2.05, 4.69) is 11.8 Å². The van der Waals surface area contributed by atoms with Crippen LogP contribution in [0, 0.1) is 23.0 Å². The van der Waals surface area contributed by atoms with Gasteiger partial charge in [0.05, 0.1) is 4.92 Å². The average molecular weight is 249 g/mol. The van der Waals surface area contributed by atoms with Crippen molar-refractivity contribution in [3.8, 4) is 0 Å². The Hall–Kier alpha value is -1.62. The standard InChI is InChI=1S/C13H19N3O2/c1-9-5-11(14)8-15(7-9)12-4-3-10(2)13(6-12)16(17)18/h3-4,6,9,11H,5,7-8,14H2,1-2H3. The van der Waals surface area contributed by atoms with E-state index in [9.17, 15) is 10.1 Å². The van der Waals surface area contributed by atoms with Crippen molar-refractivity contribution in [1.82, 2.24) is 0 Å². The maximum atomic E-state index is 10.9. The van der Waals surface area contributed by atoms with Crippen LogP contribution in [0.3, 0.4) is 0 Å². The Balaban J connectivity index is 2.28. The van der Waals surface area contributed by atoms with Crippen LogP contribution in [0.1, 0.15) is 18.9 Å². The molecular weight excluding hydrogens is 230 g/mol. The minimum Gasteiger partial charge on any atom is -0.370 e. The number of benzene rings is 1. The molecule has 0 bridgehead atoms. The number of hydrogen-bond donors (Lipinski definition) is 1. The highest BCUT2D eigenvalue weighted by Gasteiger charge is 2.23. The van der Waals surface area contributed by atoms with Crippen LogP contribution in [0.2, 0.25) is 0 Å². The summed E-state index contributed by atoms with van der Waals surface area (Å²) < 4.78 is 0. The lowest BCUT2D eigenvalue weighted by molar-refractivity contribution is -0.385. The Morgan fingerprint density at radius 3 is 2.78 bits per heavy atom. The molecule has 0 spiro atoms. The van der Waals surface area contributed by atoms with Gasteiger partial charge in [-0.25, -0.2) is 0 Å². The third-order valence-corrected chi connectivity index (χ3v) is 3.45. The molecule has 1 fully saturated rings. The van der Waals surface area contributed by atoms with Crippen LogP contribution in [0.15, 0.2) is 18.2 Å². The van der Waals surface area contributed by atoms with Crippen LogP contribution >= 0.6 is 0 Å². The molecule has 1 saturated heterocycles. The summed E-state index contributed by atoms with van der Waals surface area (Å²) in [5, 5.41) is 10.9. The van der Waals surface area contributed by atoms with E-state index in [0.717, 1.165) is 25.2 Å². The van der Waals surface area contributed by atoms with Gasteiger partial charge in [-0.05, 0) is 25.3 Å². The van der Waals surface area contributed by atoms with Crippen molar-refractivity contribution in [3.63, 3.8) is 0 Å². The van der Waals surface area contributed by atoms with E-state index in [0.29, 0.717) is 11.5 Å². The van der Waals surface area contributed by atoms with Crippen molar-refractivity contribution in [2.75, 3.05) is 18.0 Å². The zero-order chi connectivity index (χ0) is 13.3. The smallest absolute Gasteiger partial charge is 0.274 e. The Labute approximate surface area is 107 Å². The maximum Gasteiger partial charge on any atom is 0.274 e. The van der Waals surface area contributed by atoms with E-state index in [1.54, 1.807) is 19.1 Å². The third-order valence-electron chi connectivity index (χ3n) is 3.45. The van der Waals surface area contributed by atoms with Crippen LogP contribution < -0.4 is 10.6 Å². The molecule has 5 heteroatoms. The quantitative estimate of drug-likeness (QED) is 0.643. The Kier molecular flexibility index (Phi) is 3.52. The minimum atomic E-state index is -0.327. The maximum absolute atomic E-state index is 10.9. The first kappa shape index (κ1) is 12.8. The van der Waals surface area contributed by atoms with Crippen LogP contribution in [-0.4, -0.2) is 24.1 Å². The molecule has 2 rings (SSSR count). The molecule has 0 radical (unpaired) electrons. The van der Waals surface area contributed by atoms with Gasteiger partial charge in [0.15, 0.2) is 0 Å². The second-order valence-corrected chi connectivity index (χ2v) is 5.23. The summed E-state index contributed by atoms with van der Waals surface area (Å²) in [4.78, 5) is 12.8. The van der Waals surface area contributed by atoms with E-state index < -0.39 is 0 Å². The molecule has 98 valence electrons. The molecule has 2 atom stereocenters. The number of anilines is 1. The second kappa shape index (κ2) is 4.94. The van der Waals surface area contributed by atoms with E-state index in [-0.39, 0.29) is 16.7 Å². The predicted molar refractivity (Wildman–Crippen MR) is 71.8 cm³/mol. The van der Waals surface area contributed by atoms with Gasteiger partial charge in [-0.15, -0.1) is 0 Å². The van der Waals surface area contributed by atoms with Gasteiger partial charge in [-0.2, -0.15) is 0 Å². The molecule has 2 N–H and O–H groups in total. The van der Waals surface area contributed by atoms with Crippen molar-refractivity contribution in [3.05, 3.63) is 33.9 Å². The lowest BCUT2D eigenvalue weighted by Crippen LogP contribution is -2.46. The average Bonchev–Trinajstić information content (AvgIpc) is 2.27. The molecular formula is C13H19N3O2. The van der Waals surface area contributed by atoms with Gasteiger partial charge in [0.25, 0.3) is 5.69 Å². The highest BCUT2D eigenvalue weighted by atomic mass is 16.6. The van der Waals surface area contributed by atoms with Crippen molar-refractivity contribution in [2.45, 2.75) is 26.3 Å².